The van der Waals surface area contributed by atoms with Gasteiger partial charge >= 0.3 is 0 Å². The lowest BCUT2D eigenvalue weighted by Crippen LogP contribution is -2.59. The number of hydrogen-bond donors (Lipinski definition) is 2. The minimum atomic E-state index is -1.11. The van der Waals surface area contributed by atoms with Gasteiger partial charge in [0.05, 0.1) is 19.3 Å². The number of amides is 2. The first-order chi connectivity index (χ1) is 18.4. The third kappa shape index (κ3) is 4.47. The van der Waals surface area contributed by atoms with E-state index in [1.54, 1.807) is 12.1 Å². The average molecular weight is 618 g/mol. The maximum absolute atomic E-state index is 14.3. The number of anilines is 1. The number of allylic oxidation sites excluding steroid dienone is 4. The zero-order chi connectivity index (χ0) is 26.4. The van der Waals surface area contributed by atoms with Crippen LogP contribution in [-0.2, 0) is 19.7 Å². The van der Waals surface area contributed by atoms with Crippen LogP contribution in [0.15, 0.2) is 64.1 Å². The summed E-state index contributed by atoms with van der Waals surface area (Å²) in [6.45, 7) is 1.28. The topological polar surface area (TPSA) is 76.7 Å². The second-order valence-corrected chi connectivity index (χ2v) is 12.1. The van der Waals surface area contributed by atoms with Gasteiger partial charge < -0.3 is 20.1 Å². The molecule has 38 heavy (non-hydrogen) atoms. The van der Waals surface area contributed by atoms with E-state index in [0.717, 1.165) is 28.4 Å². The molecule has 2 saturated heterocycles. The van der Waals surface area contributed by atoms with Crippen molar-refractivity contribution < 1.29 is 19.1 Å². The van der Waals surface area contributed by atoms with Gasteiger partial charge in [0.15, 0.2) is 0 Å². The Kier molecular flexibility index (Phi) is 7.06. The van der Waals surface area contributed by atoms with E-state index in [4.69, 9.17) is 32.7 Å². The van der Waals surface area contributed by atoms with Gasteiger partial charge in [0.1, 0.15) is 17.3 Å². The van der Waals surface area contributed by atoms with Gasteiger partial charge in [-0.1, -0.05) is 57.4 Å². The second-order valence-electron chi connectivity index (χ2n) is 10.3. The quantitative estimate of drug-likeness (QED) is 0.415. The Bertz CT molecular complexity index is 1360. The highest BCUT2D eigenvalue weighted by Gasteiger charge is 2.62. The minimum Gasteiger partial charge on any atom is -0.490 e. The van der Waals surface area contributed by atoms with Crippen LogP contribution in [0.2, 0.25) is 5.02 Å². The molecular weight excluding hydrogens is 591 g/mol. The number of hydrogen-bond acceptors (Lipinski definition) is 4. The van der Waals surface area contributed by atoms with Crippen molar-refractivity contribution in [2.24, 2.45) is 11.8 Å². The average Bonchev–Trinajstić information content (AvgIpc) is 3.18. The van der Waals surface area contributed by atoms with Gasteiger partial charge in [-0.15, -0.1) is 0 Å². The highest BCUT2D eigenvalue weighted by molar-refractivity contribution is 9.10. The van der Waals surface area contributed by atoms with Crippen molar-refractivity contribution in [3.8, 4) is 5.75 Å². The van der Waals surface area contributed by atoms with Gasteiger partial charge in [0.2, 0.25) is 11.8 Å². The molecule has 3 aliphatic heterocycles. The molecule has 1 spiro atoms. The Morgan fingerprint density at radius 2 is 1.87 bits per heavy atom. The van der Waals surface area contributed by atoms with Gasteiger partial charge in [0, 0.05) is 45.0 Å². The van der Waals surface area contributed by atoms with Crippen molar-refractivity contribution in [3.63, 3.8) is 0 Å². The number of benzene rings is 2. The predicted octanol–water partition coefficient (Wildman–Crippen LogP) is 6.43. The lowest BCUT2D eigenvalue weighted by atomic mass is 9.57. The fourth-order valence-electron chi connectivity index (χ4n) is 6.47. The van der Waals surface area contributed by atoms with Crippen LogP contribution in [0.5, 0.6) is 5.75 Å². The molecule has 2 aromatic carbocycles. The van der Waals surface area contributed by atoms with Crippen LogP contribution in [0.25, 0.3) is 0 Å². The molecular formula is C29H27BrCl2N2O4. The Labute approximate surface area is 239 Å². The zero-order valence-electron chi connectivity index (χ0n) is 20.5. The number of nitrogens with one attached hydrogen (secondary N) is 2. The van der Waals surface area contributed by atoms with Crippen molar-refractivity contribution in [3.05, 3.63) is 80.3 Å². The first-order valence-corrected chi connectivity index (χ1v) is 14.4. The lowest BCUT2D eigenvalue weighted by molar-refractivity contribution is -0.135. The van der Waals surface area contributed by atoms with E-state index in [2.05, 4.69) is 32.6 Å². The van der Waals surface area contributed by atoms with Crippen molar-refractivity contribution in [1.82, 2.24) is 5.32 Å². The zero-order valence-corrected chi connectivity index (χ0v) is 23.6. The summed E-state index contributed by atoms with van der Waals surface area (Å²) in [5, 5.41) is 7.54. The number of piperidine rings is 1. The number of ether oxygens (including phenoxy) is 2. The summed E-state index contributed by atoms with van der Waals surface area (Å²) in [6, 6.07) is 10.6. The fourth-order valence-corrected chi connectivity index (χ4v) is 7.27. The largest absolute Gasteiger partial charge is 0.490 e. The molecule has 0 radical (unpaired) electrons. The summed E-state index contributed by atoms with van der Waals surface area (Å²) < 4.78 is 12.9. The molecule has 4 atom stereocenters. The monoisotopic (exact) mass is 616 g/mol. The molecule has 0 aromatic heterocycles. The van der Waals surface area contributed by atoms with Gasteiger partial charge in [0.25, 0.3) is 0 Å². The molecule has 6 rings (SSSR count). The fraction of sp³-hybridized carbons (Fsp3) is 0.379. The molecule has 2 fully saturated rings. The third-order valence-electron chi connectivity index (χ3n) is 8.13. The molecule has 4 aliphatic rings. The SMILES string of the molecule is O=C1C[C@@H](C2C=CC=C(Cl)C2)[C@]2(C(=O)Nc3cc(Cl)ccc32)[C@H](c2cc(Br)ccc2OC2CCOCC2)N1. The molecule has 198 valence electrons. The molecule has 1 unspecified atom stereocenters. The Balaban J connectivity index is 1.54. The summed E-state index contributed by atoms with van der Waals surface area (Å²) >= 11 is 16.4. The van der Waals surface area contributed by atoms with Gasteiger partial charge in [-0.05, 0) is 60.2 Å². The Morgan fingerprint density at radius 3 is 2.66 bits per heavy atom. The van der Waals surface area contributed by atoms with E-state index in [1.807, 2.05) is 36.4 Å². The molecule has 0 saturated carbocycles. The van der Waals surface area contributed by atoms with Gasteiger partial charge in [-0.3, -0.25) is 9.59 Å². The van der Waals surface area contributed by atoms with Gasteiger partial charge in [-0.2, -0.15) is 0 Å². The van der Waals surface area contributed by atoms with Crippen LogP contribution in [0.4, 0.5) is 5.69 Å². The van der Waals surface area contributed by atoms with Crippen LogP contribution in [-0.4, -0.2) is 31.1 Å². The smallest absolute Gasteiger partial charge is 0.237 e. The van der Waals surface area contributed by atoms with Crippen LogP contribution in [0.3, 0.4) is 0 Å². The van der Waals surface area contributed by atoms with E-state index >= 15 is 0 Å². The molecule has 3 heterocycles. The highest BCUT2D eigenvalue weighted by Crippen LogP contribution is 2.58. The van der Waals surface area contributed by atoms with Crippen molar-refractivity contribution in [2.75, 3.05) is 18.5 Å². The van der Waals surface area contributed by atoms with E-state index < -0.39 is 11.5 Å². The van der Waals surface area contributed by atoms with Gasteiger partial charge in [-0.25, -0.2) is 0 Å². The van der Waals surface area contributed by atoms with Crippen LogP contribution in [0.1, 0.15) is 42.9 Å². The summed E-state index contributed by atoms with van der Waals surface area (Å²) in [7, 11) is 0. The number of rotatable bonds is 4. The standard InChI is InChI=1S/C29H27BrCl2N2O4/c30-17-4-7-25(38-20-8-10-37-11-9-20)21(13-17)27-29(22-6-5-19(32)14-24(22)33-28(29)36)23(15-26(35)34-27)16-2-1-3-18(31)12-16/h1-7,13-14,16,20,23,27H,8-12,15H2,(H,33,36)(H,34,35)/t16?,23-,27-,29-/m0/s1. The summed E-state index contributed by atoms with van der Waals surface area (Å²) in [5.41, 5.74) is 1.13. The molecule has 2 amide bonds. The van der Waals surface area contributed by atoms with E-state index in [-0.39, 0.29) is 36.2 Å². The van der Waals surface area contributed by atoms with Crippen LogP contribution < -0.4 is 15.4 Å². The molecule has 0 bridgehead atoms. The number of carbonyl (C=O) groups excluding carboxylic acids is 2. The maximum Gasteiger partial charge on any atom is 0.237 e. The Hall–Kier alpha value is -2.32. The third-order valence-corrected chi connectivity index (χ3v) is 9.14. The first-order valence-electron chi connectivity index (χ1n) is 12.8. The summed E-state index contributed by atoms with van der Waals surface area (Å²) in [4.78, 5) is 27.7. The second kappa shape index (κ2) is 10.3. The molecule has 9 heteroatoms. The minimum absolute atomic E-state index is 0.0107. The summed E-state index contributed by atoms with van der Waals surface area (Å²) in [5.74, 6) is -0.0896. The van der Waals surface area contributed by atoms with E-state index in [1.165, 1.54) is 0 Å². The molecule has 2 aromatic rings. The highest BCUT2D eigenvalue weighted by atomic mass is 79.9. The van der Waals surface area contributed by atoms with Crippen molar-refractivity contribution >= 4 is 56.6 Å². The molecule has 1 aliphatic carbocycles. The van der Waals surface area contributed by atoms with E-state index in [9.17, 15) is 9.59 Å². The summed E-state index contributed by atoms with van der Waals surface area (Å²) in [6.07, 6.45) is 8.14. The molecule has 2 N–H and O–H groups in total. The number of fused-ring (bicyclic) bond motifs is 2. The number of carbonyl (C=O) groups is 2. The first kappa shape index (κ1) is 25.9. The maximum atomic E-state index is 14.3. The van der Waals surface area contributed by atoms with E-state index in [0.29, 0.717) is 41.1 Å². The predicted molar refractivity (Wildman–Crippen MR) is 151 cm³/mol. The number of halogens is 3. The lowest BCUT2D eigenvalue weighted by Gasteiger charge is -2.49. The van der Waals surface area contributed by atoms with Crippen molar-refractivity contribution in [1.29, 1.82) is 0 Å². The normalized spacial score (nSPS) is 29.0. The van der Waals surface area contributed by atoms with Crippen LogP contribution in [0, 0.1) is 11.8 Å². The Morgan fingerprint density at radius 1 is 1.05 bits per heavy atom. The van der Waals surface area contributed by atoms with Crippen LogP contribution >= 0.6 is 39.1 Å². The molecule has 6 nitrogen and oxygen atoms in total. The van der Waals surface area contributed by atoms with Crippen molar-refractivity contribution in [2.45, 2.75) is 43.2 Å².